The minimum Gasteiger partial charge on any atom is -0.272 e. The van der Waals surface area contributed by atoms with E-state index in [-0.39, 0.29) is 11.8 Å². The molecule has 0 aliphatic rings. The number of amides is 2. The second-order valence-electron chi connectivity index (χ2n) is 4.43. The van der Waals surface area contributed by atoms with Gasteiger partial charge in [0.15, 0.2) is 0 Å². The molecule has 0 aliphatic carbocycles. The molecule has 108 valence electrons. The van der Waals surface area contributed by atoms with Crippen LogP contribution < -0.4 is 10.9 Å². The lowest BCUT2D eigenvalue weighted by atomic mass is 9.91. The van der Waals surface area contributed by atoms with Crippen LogP contribution >= 0.6 is 11.6 Å². The van der Waals surface area contributed by atoms with Crippen LogP contribution in [0.4, 0.5) is 0 Å². The van der Waals surface area contributed by atoms with Gasteiger partial charge < -0.3 is 0 Å². The predicted octanol–water partition coefficient (Wildman–Crippen LogP) is 2.20. The predicted molar refractivity (Wildman–Crippen MR) is 81.7 cm³/mol. The number of benzene rings is 2. The number of hydrazine groups is 1. The molecule has 0 heterocycles. The first-order chi connectivity index (χ1) is 10.2. The summed E-state index contributed by atoms with van der Waals surface area (Å²) in [5.74, 6) is -1.47. The molecule has 0 spiro atoms. The van der Waals surface area contributed by atoms with Gasteiger partial charge in [0.1, 0.15) is 5.88 Å². The van der Waals surface area contributed by atoms with Crippen molar-refractivity contribution in [3.05, 3.63) is 71.8 Å². The van der Waals surface area contributed by atoms with Gasteiger partial charge in [-0.2, -0.15) is 0 Å². The highest BCUT2D eigenvalue weighted by molar-refractivity contribution is 6.27. The van der Waals surface area contributed by atoms with Crippen LogP contribution in [0.3, 0.4) is 0 Å². The Bertz CT molecular complexity index is 563. The topological polar surface area (TPSA) is 58.2 Å². The number of alkyl halides is 1. The van der Waals surface area contributed by atoms with E-state index in [0.717, 1.165) is 11.1 Å². The van der Waals surface area contributed by atoms with E-state index in [2.05, 4.69) is 10.9 Å². The number of halogens is 1. The lowest BCUT2D eigenvalue weighted by Gasteiger charge is -2.17. The molecule has 0 fully saturated rings. The van der Waals surface area contributed by atoms with Gasteiger partial charge in [0.2, 0.25) is 5.91 Å². The molecule has 0 aromatic heterocycles. The van der Waals surface area contributed by atoms with E-state index in [1.807, 2.05) is 60.7 Å². The van der Waals surface area contributed by atoms with Crippen LogP contribution in [0.15, 0.2) is 60.7 Å². The van der Waals surface area contributed by atoms with E-state index in [1.165, 1.54) is 0 Å². The maximum atomic E-state index is 12.4. The molecule has 0 unspecified atom stereocenters. The summed E-state index contributed by atoms with van der Waals surface area (Å²) in [5.41, 5.74) is 6.39. The quantitative estimate of drug-likeness (QED) is 0.672. The zero-order chi connectivity index (χ0) is 15.1. The molecule has 0 saturated heterocycles. The molecule has 2 rings (SSSR count). The second-order valence-corrected chi connectivity index (χ2v) is 4.69. The molecule has 21 heavy (non-hydrogen) atoms. The van der Waals surface area contributed by atoms with E-state index in [0.29, 0.717) is 0 Å². The first-order valence-corrected chi connectivity index (χ1v) is 7.00. The van der Waals surface area contributed by atoms with Crippen molar-refractivity contribution in [2.24, 2.45) is 0 Å². The molecule has 5 heteroatoms. The highest BCUT2D eigenvalue weighted by Crippen LogP contribution is 2.24. The van der Waals surface area contributed by atoms with Crippen molar-refractivity contribution in [1.82, 2.24) is 10.9 Å². The first-order valence-electron chi connectivity index (χ1n) is 6.47. The van der Waals surface area contributed by atoms with E-state index in [4.69, 9.17) is 11.6 Å². The van der Waals surface area contributed by atoms with Crippen LogP contribution in [0.5, 0.6) is 0 Å². The van der Waals surface area contributed by atoms with Gasteiger partial charge in [-0.1, -0.05) is 60.7 Å². The van der Waals surface area contributed by atoms with Crippen molar-refractivity contribution >= 4 is 23.4 Å². The van der Waals surface area contributed by atoms with Crippen LogP contribution in [0.1, 0.15) is 17.0 Å². The monoisotopic (exact) mass is 302 g/mol. The average molecular weight is 303 g/mol. The summed E-state index contributed by atoms with van der Waals surface area (Å²) in [6, 6.07) is 18.8. The van der Waals surface area contributed by atoms with Crippen LogP contribution in [-0.4, -0.2) is 17.7 Å². The first kappa shape index (κ1) is 15.1. The van der Waals surface area contributed by atoms with Gasteiger partial charge >= 0.3 is 0 Å². The van der Waals surface area contributed by atoms with Gasteiger partial charge in [-0.15, -0.1) is 11.6 Å². The highest BCUT2D eigenvalue weighted by atomic mass is 35.5. The lowest BCUT2D eigenvalue weighted by molar-refractivity contribution is -0.128. The van der Waals surface area contributed by atoms with Crippen molar-refractivity contribution in [1.29, 1.82) is 0 Å². The fourth-order valence-electron chi connectivity index (χ4n) is 2.02. The van der Waals surface area contributed by atoms with Crippen molar-refractivity contribution in [3.8, 4) is 0 Å². The Morgan fingerprint density at radius 3 is 1.76 bits per heavy atom. The van der Waals surface area contributed by atoms with Crippen molar-refractivity contribution in [3.63, 3.8) is 0 Å². The molecule has 0 aliphatic heterocycles. The highest BCUT2D eigenvalue weighted by Gasteiger charge is 2.22. The number of hydrogen-bond donors (Lipinski definition) is 2. The van der Waals surface area contributed by atoms with Gasteiger partial charge in [0, 0.05) is 0 Å². The summed E-state index contributed by atoms with van der Waals surface area (Å²) >= 11 is 5.39. The van der Waals surface area contributed by atoms with E-state index < -0.39 is 11.8 Å². The largest absolute Gasteiger partial charge is 0.272 e. The van der Waals surface area contributed by atoms with Gasteiger partial charge in [0.05, 0.1) is 5.92 Å². The Hall–Kier alpha value is -2.33. The molecular weight excluding hydrogens is 288 g/mol. The molecule has 2 aromatic rings. The summed E-state index contributed by atoms with van der Waals surface area (Å²) in [7, 11) is 0. The molecular formula is C16H15ClN2O2. The molecule has 2 N–H and O–H groups in total. The van der Waals surface area contributed by atoms with Gasteiger partial charge in [-0.25, -0.2) is 0 Å². The Balaban J connectivity index is 2.25. The molecule has 2 aromatic carbocycles. The Morgan fingerprint density at radius 1 is 0.857 bits per heavy atom. The van der Waals surface area contributed by atoms with Crippen LogP contribution in [0.25, 0.3) is 0 Å². The zero-order valence-corrected chi connectivity index (χ0v) is 12.0. The summed E-state index contributed by atoms with van der Waals surface area (Å²) in [6.45, 7) is 0. The minimum atomic E-state index is -0.497. The maximum Gasteiger partial charge on any atom is 0.253 e. The SMILES string of the molecule is O=C(CCl)NNC(=O)C(c1ccccc1)c1ccccc1. The van der Waals surface area contributed by atoms with E-state index in [1.54, 1.807) is 0 Å². The van der Waals surface area contributed by atoms with Gasteiger partial charge in [-0.3, -0.25) is 20.4 Å². The zero-order valence-electron chi connectivity index (χ0n) is 11.3. The van der Waals surface area contributed by atoms with E-state index in [9.17, 15) is 9.59 Å². The molecule has 4 nitrogen and oxygen atoms in total. The standard InChI is InChI=1S/C16H15ClN2O2/c17-11-14(20)18-19-16(21)15(12-7-3-1-4-8-12)13-9-5-2-6-10-13/h1-10,15H,11H2,(H,18,20)(H,19,21). The van der Waals surface area contributed by atoms with Crippen molar-refractivity contribution in [2.45, 2.75) is 5.92 Å². The van der Waals surface area contributed by atoms with Gasteiger partial charge in [0.25, 0.3) is 5.91 Å². The number of hydrogen-bond acceptors (Lipinski definition) is 2. The summed E-state index contributed by atoms with van der Waals surface area (Å²) in [6.07, 6.45) is 0. The van der Waals surface area contributed by atoms with Crippen molar-refractivity contribution < 1.29 is 9.59 Å². The van der Waals surface area contributed by atoms with Crippen LogP contribution in [0.2, 0.25) is 0 Å². The third kappa shape index (κ3) is 4.07. The smallest absolute Gasteiger partial charge is 0.253 e. The Labute approximate surface area is 128 Å². The molecule has 0 radical (unpaired) electrons. The average Bonchev–Trinajstić information content (AvgIpc) is 2.55. The van der Waals surface area contributed by atoms with Crippen molar-refractivity contribution in [2.75, 3.05) is 5.88 Å². The molecule has 2 amide bonds. The number of carbonyl (C=O) groups excluding carboxylic acids is 2. The van der Waals surface area contributed by atoms with Crippen LogP contribution in [0, 0.1) is 0 Å². The number of carbonyl (C=O) groups is 2. The lowest BCUT2D eigenvalue weighted by Crippen LogP contribution is -2.44. The fraction of sp³-hybridized carbons (Fsp3) is 0.125. The van der Waals surface area contributed by atoms with Gasteiger partial charge in [-0.05, 0) is 11.1 Å². The third-order valence-electron chi connectivity index (χ3n) is 2.97. The van der Waals surface area contributed by atoms with Crippen LogP contribution in [-0.2, 0) is 9.59 Å². The molecule has 0 bridgehead atoms. The molecule has 0 atom stereocenters. The fourth-order valence-corrected chi connectivity index (χ4v) is 2.09. The minimum absolute atomic E-state index is 0.207. The third-order valence-corrected chi connectivity index (χ3v) is 3.22. The number of nitrogens with one attached hydrogen (secondary N) is 2. The normalized spacial score (nSPS) is 10.2. The second kappa shape index (κ2) is 7.45. The summed E-state index contributed by atoms with van der Waals surface area (Å²) in [4.78, 5) is 23.5. The Morgan fingerprint density at radius 2 is 1.33 bits per heavy atom. The summed E-state index contributed by atoms with van der Waals surface area (Å²) < 4.78 is 0. The Kier molecular flexibility index (Phi) is 5.35. The van der Waals surface area contributed by atoms with E-state index >= 15 is 0 Å². The maximum absolute atomic E-state index is 12.4. The number of rotatable bonds is 4. The molecule has 0 saturated carbocycles. The summed E-state index contributed by atoms with van der Waals surface area (Å²) in [5, 5.41) is 0.